The number of amides is 2. The third-order valence-corrected chi connectivity index (χ3v) is 5.98. The van der Waals surface area contributed by atoms with Crippen molar-refractivity contribution in [1.82, 2.24) is 9.47 Å². The first-order chi connectivity index (χ1) is 14.5. The molecular weight excluding hydrogens is 406 g/mol. The van der Waals surface area contributed by atoms with Gasteiger partial charge in [0.2, 0.25) is 0 Å². The van der Waals surface area contributed by atoms with Gasteiger partial charge in [-0.25, -0.2) is 4.79 Å². The standard InChI is InChI=1S/C21H24ClN3O2.CH2O2/c1-2-5-18-14-10-15(19-8-4-9-20(26)25(18)19)13-24(12-14)21(27)23-17-7-3-6-16(22)11-17;2-1-3/h3-4,6-9,11,14-15,18H,2,5,10,12-13H2,1H3,(H,23,27);1H,(H,2,3)/t14-,15+,18-;/m0./s1. The number of halogens is 1. The number of fused-ring (bicyclic) bond motifs is 4. The molecule has 160 valence electrons. The van der Waals surface area contributed by atoms with Gasteiger partial charge in [0.25, 0.3) is 12.0 Å². The van der Waals surface area contributed by atoms with Crippen LogP contribution in [-0.2, 0) is 4.79 Å². The van der Waals surface area contributed by atoms with E-state index in [1.807, 2.05) is 33.7 Å². The summed E-state index contributed by atoms with van der Waals surface area (Å²) in [6.07, 6.45) is 3.01. The number of rotatable bonds is 3. The molecule has 1 aromatic carbocycles. The van der Waals surface area contributed by atoms with Crippen LogP contribution >= 0.6 is 11.6 Å². The van der Waals surface area contributed by atoms with E-state index in [1.54, 1.807) is 18.2 Å². The van der Waals surface area contributed by atoms with Crippen molar-refractivity contribution in [2.45, 2.75) is 38.1 Å². The van der Waals surface area contributed by atoms with Gasteiger partial charge < -0.3 is 19.9 Å². The van der Waals surface area contributed by atoms with Crippen molar-refractivity contribution in [3.63, 3.8) is 0 Å². The number of aromatic nitrogens is 1. The average Bonchev–Trinajstić information content (AvgIpc) is 2.72. The van der Waals surface area contributed by atoms with Crippen molar-refractivity contribution in [3.05, 3.63) is 63.5 Å². The second-order valence-electron chi connectivity index (χ2n) is 7.66. The van der Waals surface area contributed by atoms with Crippen molar-refractivity contribution in [2.24, 2.45) is 5.92 Å². The summed E-state index contributed by atoms with van der Waals surface area (Å²) in [5.74, 6) is 0.511. The number of anilines is 1. The summed E-state index contributed by atoms with van der Waals surface area (Å²) in [7, 11) is 0. The number of piperidine rings is 1. The van der Waals surface area contributed by atoms with Gasteiger partial charge in [-0.2, -0.15) is 0 Å². The lowest BCUT2D eigenvalue weighted by Crippen LogP contribution is -2.52. The van der Waals surface area contributed by atoms with Crippen LogP contribution in [0.3, 0.4) is 0 Å². The Hall–Kier alpha value is -2.80. The molecule has 7 nitrogen and oxygen atoms in total. The molecule has 3 atom stereocenters. The van der Waals surface area contributed by atoms with Gasteiger partial charge in [-0.15, -0.1) is 0 Å². The summed E-state index contributed by atoms with van der Waals surface area (Å²) in [5, 5.41) is 10.4. The first-order valence-electron chi connectivity index (χ1n) is 10.1. The minimum atomic E-state index is -0.250. The molecule has 2 bridgehead atoms. The average molecular weight is 432 g/mol. The summed E-state index contributed by atoms with van der Waals surface area (Å²) < 4.78 is 1.99. The Morgan fingerprint density at radius 1 is 1.27 bits per heavy atom. The molecule has 0 radical (unpaired) electrons. The van der Waals surface area contributed by atoms with Gasteiger partial charge in [0, 0.05) is 47.5 Å². The number of likely N-dealkylation sites (tertiary alicyclic amines) is 1. The van der Waals surface area contributed by atoms with Gasteiger partial charge in [0.05, 0.1) is 0 Å². The van der Waals surface area contributed by atoms with E-state index in [-0.39, 0.29) is 30.0 Å². The Labute approximate surface area is 180 Å². The number of carbonyl (C=O) groups excluding carboxylic acids is 1. The Morgan fingerprint density at radius 2 is 2.00 bits per heavy atom. The topological polar surface area (TPSA) is 91.6 Å². The minimum Gasteiger partial charge on any atom is -0.483 e. The molecule has 1 fully saturated rings. The first-order valence-corrected chi connectivity index (χ1v) is 10.5. The molecule has 2 aromatic rings. The largest absolute Gasteiger partial charge is 0.483 e. The maximum absolute atomic E-state index is 12.9. The summed E-state index contributed by atoms with van der Waals surface area (Å²) >= 11 is 6.02. The fraction of sp³-hybridized carbons (Fsp3) is 0.409. The van der Waals surface area contributed by atoms with Crippen LogP contribution in [0, 0.1) is 5.92 Å². The number of carbonyl (C=O) groups is 2. The van der Waals surface area contributed by atoms with Crippen LogP contribution in [0.5, 0.6) is 0 Å². The Kier molecular flexibility index (Phi) is 7.15. The zero-order valence-electron chi connectivity index (χ0n) is 16.8. The highest BCUT2D eigenvalue weighted by Crippen LogP contribution is 2.42. The van der Waals surface area contributed by atoms with E-state index in [4.69, 9.17) is 21.5 Å². The number of benzene rings is 1. The van der Waals surface area contributed by atoms with E-state index < -0.39 is 0 Å². The summed E-state index contributed by atoms with van der Waals surface area (Å²) in [6.45, 7) is 3.20. The molecule has 2 aliphatic rings. The van der Waals surface area contributed by atoms with E-state index in [9.17, 15) is 9.59 Å². The van der Waals surface area contributed by atoms with E-state index in [0.29, 0.717) is 29.7 Å². The third-order valence-electron chi connectivity index (χ3n) is 5.75. The number of carboxylic acid groups (broad SMARTS) is 1. The van der Waals surface area contributed by atoms with Crippen molar-refractivity contribution < 1.29 is 14.7 Å². The summed E-state index contributed by atoms with van der Waals surface area (Å²) in [5.41, 5.74) is 1.85. The van der Waals surface area contributed by atoms with Crippen LogP contribution in [-0.4, -0.2) is 40.2 Å². The second-order valence-corrected chi connectivity index (χ2v) is 8.09. The quantitative estimate of drug-likeness (QED) is 0.712. The van der Waals surface area contributed by atoms with E-state index in [1.165, 1.54) is 0 Å². The SMILES string of the molecule is CCC[C@H]1[C@H]2C[C@H](CN(C(=O)Nc3cccc(Cl)c3)C2)c2cccc(=O)n21.O=CO. The van der Waals surface area contributed by atoms with Crippen LogP contribution in [0.2, 0.25) is 5.02 Å². The van der Waals surface area contributed by atoms with Crippen LogP contribution in [0.1, 0.15) is 43.8 Å². The van der Waals surface area contributed by atoms with Gasteiger partial charge in [-0.05, 0) is 43.0 Å². The van der Waals surface area contributed by atoms with Crippen molar-refractivity contribution in [3.8, 4) is 0 Å². The number of hydrogen-bond donors (Lipinski definition) is 2. The van der Waals surface area contributed by atoms with Crippen LogP contribution in [0.4, 0.5) is 10.5 Å². The van der Waals surface area contributed by atoms with E-state index in [2.05, 4.69) is 12.2 Å². The molecular formula is C22H26ClN3O4. The number of nitrogens with zero attached hydrogens (tertiary/aromatic N) is 2. The zero-order valence-corrected chi connectivity index (χ0v) is 17.6. The smallest absolute Gasteiger partial charge is 0.321 e. The number of nitrogens with one attached hydrogen (secondary N) is 1. The molecule has 0 aliphatic carbocycles. The Balaban J connectivity index is 0.000000806. The molecule has 2 amide bonds. The second kappa shape index (κ2) is 9.80. The van der Waals surface area contributed by atoms with Crippen molar-refractivity contribution in [2.75, 3.05) is 18.4 Å². The molecule has 2 aliphatic heterocycles. The lowest BCUT2D eigenvalue weighted by molar-refractivity contribution is -0.122. The molecule has 1 aromatic heterocycles. The molecule has 2 N–H and O–H groups in total. The lowest BCUT2D eigenvalue weighted by atomic mass is 9.77. The fourth-order valence-corrected chi connectivity index (χ4v) is 4.83. The minimum absolute atomic E-state index is 0.0810. The highest BCUT2D eigenvalue weighted by atomic mass is 35.5. The molecule has 1 saturated heterocycles. The van der Waals surface area contributed by atoms with Crippen molar-refractivity contribution >= 4 is 29.8 Å². The fourth-order valence-electron chi connectivity index (χ4n) is 4.64. The third kappa shape index (κ3) is 4.67. The number of pyridine rings is 1. The maximum atomic E-state index is 12.9. The number of urea groups is 1. The molecule has 0 spiro atoms. The zero-order chi connectivity index (χ0) is 21.7. The number of hydrogen-bond acceptors (Lipinski definition) is 3. The highest BCUT2D eigenvalue weighted by Gasteiger charge is 2.41. The van der Waals surface area contributed by atoms with E-state index in [0.717, 1.165) is 25.0 Å². The summed E-state index contributed by atoms with van der Waals surface area (Å²) in [4.78, 5) is 35.6. The van der Waals surface area contributed by atoms with Crippen LogP contribution < -0.4 is 10.9 Å². The van der Waals surface area contributed by atoms with Crippen molar-refractivity contribution in [1.29, 1.82) is 0 Å². The summed E-state index contributed by atoms with van der Waals surface area (Å²) in [6, 6.07) is 12.8. The molecule has 8 heteroatoms. The Bertz CT molecular complexity index is 961. The van der Waals surface area contributed by atoms with Crippen LogP contribution in [0.15, 0.2) is 47.3 Å². The molecule has 0 saturated carbocycles. The van der Waals surface area contributed by atoms with Crippen LogP contribution in [0.25, 0.3) is 0 Å². The Morgan fingerprint density at radius 3 is 2.70 bits per heavy atom. The monoisotopic (exact) mass is 431 g/mol. The van der Waals surface area contributed by atoms with Gasteiger partial charge in [0.15, 0.2) is 0 Å². The molecule has 0 unspecified atom stereocenters. The maximum Gasteiger partial charge on any atom is 0.321 e. The molecule has 4 rings (SSSR count). The molecule has 30 heavy (non-hydrogen) atoms. The normalized spacial score (nSPS) is 21.7. The van der Waals surface area contributed by atoms with Gasteiger partial charge in [-0.1, -0.05) is 37.1 Å². The van der Waals surface area contributed by atoms with Gasteiger partial charge in [0.1, 0.15) is 0 Å². The lowest BCUT2D eigenvalue weighted by Gasteiger charge is -2.47. The molecule has 3 heterocycles. The first kappa shape index (κ1) is 21.9. The van der Waals surface area contributed by atoms with E-state index >= 15 is 0 Å². The highest BCUT2D eigenvalue weighted by molar-refractivity contribution is 6.30. The van der Waals surface area contributed by atoms with Gasteiger partial charge >= 0.3 is 6.03 Å². The predicted molar refractivity (Wildman–Crippen MR) is 116 cm³/mol. The predicted octanol–water partition coefficient (Wildman–Crippen LogP) is 4.19. The van der Waals surface area contributed by atoms with Gasteiger partial charge in [-0.3, -0.25) is 9.59 Å².